The van der Waals surface area contributed by atoms with E-state index < -0.39 is 17.4 Å². The summed E-state index contributed by atoms with van der Waals surface area (Å²) in [6.07, 6.45) is 3.23. The average Bonchev–Trinajstić information content (AvgIpc) is 2.87. The van der Waals surface area contributed by atoms with Crippen LogP contribution in [0.5, 0.6) is 0 Å². The second-order valence-corrected chi connectivity index (χ2v) is 6.86. The lowest BCUT2D eigenvalue weighted by Gasteiger charge is -2.44. The van der Waals surface area contributed by atoms with Crippen LogP contribution in [0.1, 0.15) is 41.6 Å². The molecule has 4 rings (SSSR count). The van der Waals surface area contributed by atoms with Gasteiger partial charge in [-0.3, -0.25) is 4.79 Å². The van der Waals surface area contributed by atoms with Crippen molar-refractivity contribution in [1.29, 1.82) is 0 Å². The van der Waals surface area contributed by atoms with Crippen LogP contribution in [-0.2, 0) is 5.60 Å². The van der Waals surface area contributed by atoms with E-state index in [-0.39, 0.29) is 42.0 Å². The Morgan fingerprint density at radius 1 is 1.12 bits per heavy atom. The first-order valence-corrected chi connectivity index (χ1v) is 8.40. The van der Waals surface area contributed by atoms with E-state index in [0.717, 1.165) is 12.8 Å². The quantitative estimate of drug-likeness (QED) is 0.852. The highest BCUT2D eigenvalue weighted by atomic mass is 19.1. The molecule has 1 aromatic carbocycles. The van der Waals surface area contributed by atoms with Crippen LogP contribution in [0.25, 0.3) is 0 Å². The van der Waals surface area contributed by atoms with Crippen molar-refractivity contribution in [1.82, 2.24) is 9.88 Å². The third kappa shape index (κ3) is 2.61. The molecule has 2 atom stereocenters. The van der Waals surface area contributed by atoms with Crippen LogP contribution in [0, 0.1) is 11.8 Å². The summed E-state index contributed by atoms with van der Waals surface area (Å²) in [5.74, 6) is -1.59. The van der Waals surface area contributed by atoms with Crippen molar-refractivity contribution in [2.24, 2.45) is 0 Å². The molecule has 25 heavy (non-hydrogen) atoms. The second kappa shape index (κ2) is 5.88. The number of aliphatic hydroxyl groups is 1. The Kier molecular flexibility index (Phi) is 3.80. The molecule has 6 heteroatoms. The summed E-state index contributed by atoms with van der Waals surface area (Å²) in [7, 11) is 0. The molecule has 4 nitrogen and oxygen atoms in total. The molecular weight excluding hydrogens is 326 g/mol. The van der Waals surface area contributed by atoms with Crippen LogP contribution in [0.2, 0.25) is 0 Å². The van der Waals surface area contributed by atoms with Crippen LogP contribution in [0.4, 0.5) is 8.78 Å². The van der Waals surface area contributed by atoms with Gasteiger partial charge >= 0.3 is 0 Å². The van der Waals surface area contributed by atoms with Crippen LogP contribution in [-0.4, -0.2) is 33.0 Å². The van der Waals surface area contributed by atoms with Gasteiger partial charge in [-0.25, -0.2) is 9.37 Å². The second-order valence-electron chi connectivity index (χ2n) is 6.86. The monoisotopic (exact) mass is 344 g/mol. The van der Waals surface area contributed by atoms with E-state index in [1.807, 2.05) is 0 Å². The van der Waals surface area contributed by atoms with E-state index in [1.165, 1.54) is 24.4 Å². The summed E-state index contributed by atoms with van der Waals surface area (Å²) in [6, 6.07) is 8.56. The molecule has 1 N–H and O–H groups in total. The van der Waals surface area contributed by atoms with E-state index >= 15 is 0 Å². The van der Waals surface area contributed by atoms with Crippen molar-refractivity contribution < 1.29 is 18.7 Å². The Morgan fingerprint density at radius 3 is 2.44 bits per heavy atom. The molecule has 130 valence electrons. The van der Waals surface area contributed by atoms with Crippen molar-refractivity contribution in [3.05, 3.63) is 65.5 Å². The third-order valence-corrected chi connectivity index (χ3v) is 5.37. The molecule has 0 saturated carbocycles. The van der Waals surface area contributed by atoms with E-state index in [2.05, 4.69) is 4.98 Å². The summed E-state index contributed by atoms with van der Waals surface area (Å²) in [4.78, 5) is 18.1. The fourth-order valence-corrected chi connectivity index (χ4v) is 4.28. The topological polar surface area (TPSA) is 53.4 Å². The first-order valence-electron chi connectivity index (χ1n) is 8.40. The zero-order valence-corrected chi connectivity index (χ0v) is 13.5. The number of nitrogens with zero attached hydrogens (tertiary/aromatic N) is 2. The molecule has 2 bridgehead atoms. The highest BCUT2D eigenvalue weighted by Gasteiger charge is 2.51. The smallest absolute Gasteiger partial charge is 0.257 e. The fraction of sp³-hybridized carbons (Fsp3) is 0.368. The molecule has 2 aliphatic heterocycles. The van der Waals surface area contributed by atoms with Crippen molar-refractivity contribution in [2.45, 2.75) is 43.4 Å². The van der Waals surface area contributed by atoms with Gasteiger partial charge in [0.25, 0.3) is 5.91 Å². The molecule has 2 fully saturated rings. The van der Waals surface area contributed by atoms with Crippen LogP contribution in [0.15, 0.2) is 42.6 Å². The normalized spacial score (nSPS) is 28.2. The van der Waals surface area contributed by atoms with E-state index in [4.69, 9.17) is 0 Å². The van der Waals surface area contributed by atoms with Crippen LogP contribution < -0.4 is 0 Å². The minimum absolute atomic E-state index is 0.0393. The average molecular weight is 344 g/mol. The van der Waals surface area contributed by atoms with E-state index in [9.17, 15) is 18.7 Å². The SMILES string of the molecule is O=C(c1ccccc1F)N1[C@@H]2CC[C@@H]1CC(O)(c1cccnc1F)C2. The number of pyridine rings is 1. The maximum atomic E-state index is 14.1. The molecule has 0 aliphatic carbocycles. The van der Waals surface area contributed by atoms with Crippen molar-refractivity contribution in [3.63, 3.8) is 0 Å². The van der Waals surface area contributed by atoms with Crippen LogP contribution in [0.3, 0.4) is 0 Å². The molecule has 1 aromatic heterocycles. The third-order valence-electron chi connectivity index (χ3n) is 5.37. The molecule has 2 aliphatic rings. The van der Waals surface area contributed by atoms with Crippen molar-refractivity contribution in [2.75, 3.05) is 0 Å². The van der Waals surface area contributed by atoms with Gasteiger partial charge in [0.05, 0.1) is 11.2 Å². The maximum Gasteiger partial charge on any atom is 0.257 e. The predicted octanol–water partition coefficient (Wildman–Crippen LogP) is 3.01. The highest BCUT2D eigenvalue weighted by molar-refractivity contribution is 5.95. The van der Waals surface area contributed by atoms with Gasteiger partial charge in [0.1, 0.15) is 5.82 Å². The molecule has 0 radical (unpaired) electrons. The number of rotatable bonds is 2. The highest BCUT2D eigenvalue weighted by Crippen LogP contribution is 2.46. The number of hydrogen-bond acceptors (Lipinski definition) is 3. The van der Waals surface area contributed by atoms with Gasteiger partial charge in [-0.05, 0) is 31.0 Å². The molecule has 1 amide bonds. The van der Waals surface area contributed by atoms with Gasteiger partial charge in [-0.2, -0.15) is 4.39 Å². The van der Waals surface area contributed by atoms with E-state index in [1.54, 1.807) is 23.1 Å². The number of piperidine rings is 1. The number of amides is 1. The molecule has 2 aromatic rings. The zero-order chi connectivity index (χ0) is 17.6. The number of aromatic nitrogens is 1. The Labute approximate surface area is 144 Å². The molecule has 3 heterocycles. The fourth-order valence-electron chi connectivity index (χ4n) is 4.28. The molecule has 2 saturated heterocycles. The number of hydrogen-bond donors (Lipinski definition) is 1. The minimum atomic E-state index is -1.35. The number of benzene rings is 1. The number of halogens is 2. The van der Waals surface area contributed by atoms with Crippen molar-refractivity contribution in [3.8, 4) is 0 Å². The van der Waals surface area contributed by atoms with Gasteiger partial charge in [0, 0.05) is 36.7 Å². The Bertz CT molecular complexity index is 813. The summed E-state index contributed by atoms with van der Waals surface area (Å²) >= 11 is 0. The molecular formula is C19H18F2N2O2. The van der Waals surface area contributed by atoms with Gasteiger partial charge in [0.15, 0.2) is 0 Å². The molecule has 0 unspecified atom stereocenters. The first-order chi connectivity index (χ1) is 12.0. The number of carbonyl (C=O) groups is 1. The van der Waals surface area contributed by atoms with Gasteiger partial charge < -0.3 is 10.0 Å². The predicted molar refractivity (Wildman–Crippen MR) is 86.7 cm³/mol. The van der Waals surface area contributed by atoms with E-state index in [0.29, 0.717) is 0 Å². The lowest BCUT2D eigenvalue weighted by atomic mass is 9.80. The molecule has 0 spiro atoms. The summed E-state index contributed by atoms with van der Waals surface area (Å²) in [5, 5.41) is 11.0. The lowest BCUT2D eigenvalue weighted by molar-refractivity contribution is -0.0505. The maximum absolute atomic E-state index is 14.1. The minimum Gasteiger partial charge on any atom is -0.385 e. The summed E-state index contributed by atoms with van der Waals surface area (Å²) in [5.41, 5.74) is -1.14. The zero-order valence-electron chi connectivity index (χ0n) is 13.5. The Balaban J connectivity index is 1.64. The summed E-state index contributed by atoms with van der Waals surface area (Å²) in [6.45, 7) is 0. The van der Waals surface area contributed by atoms with Gasteiger partial charge in [0.2, 0.25) is 5.95 Å². The van der Waals surface area contributed by atoms with Crippen LogP contribution >= 0.6 is 0 Å². The standard InChI is InChI=1S/C19H18F2N2O2/c20-16-6-2-1-4-14(16)18(24)23-12-7-8-13(23)11-19(25,10-12)15-5-3-9-22-17(15)21/h1-6,9,12-13,25H,7-8,10-11H2/t12-,13-/m1/s1. The Hall–Kier alpha value is -2.34. The number of carbonyl (C=O) groups excluding carboxylic acids is 1. The van der Waals surface area contributed by atoms with Crippen molar-refractivity contribution >= 4 is 5.91 Å². The lowest BCUT2D eigenvalue weighted by Crippen LogP contribution is -2.52. The first kappa shape index (κ1) is 16.1. The largest absolute Gasteiger partial charge is 0.385 e. The number of fused-ring (bicyclic) bond motifs is 2. The summed E-state index contributed by atoms with van der Waals surface area (Å²) < 4.78 is 28.1. The van der Waals surface area contributed by atoms with Gasteiger partial charge in [-0.1, -0.05) is 18.2 Å². The van der Waals surface area contributed by atoms with Gasteiger partial charge in [-0.15, -0.1) is 0 Å². The Morgan fingerprint density at radius 2 is 1.80 bits per heavy atom.